The topological polar surface area (TPSA) is 32.8 Å². The summed E-state index contributed by atoms with van der Waals surface area (Å²) < 4.78 is 85.1. The normalized spacial score (nSPS) is 27.3. The van der Waals surface area contributed by atoms with Crippen LogP contribution in [0.15, 0.2) is 48.5 Å². The minimum absolute atomic E-state index is 0.0250. The lowest BCUT2D eigenvalue weighted by molar-refractivity contribution is -0.192. The molecule has 2 aromatic rings. The molecule has 0 radical (unpaired) electrons. The van der Waals surface area contributed by atoms with Gasteiger partial charge in [-0.2, -0.15) is 26.3 Å². The number of piperidine rings is 1. The van der Waals surface area contributed by atoms with Crippen LogP contribution in [0.4, 0.5) is 26.3 Å². The van der Waals surface area contributed by atoms with Crippen LogP contribution in [0.25, 0.3) is 0 Å². The van der Waals surface area contributed by atoms with Crippen LogP contribution >= 0.6 is 0 Å². The maximum absolute atomic E-state index is 13.1. The molecule has 0 N–H and O–H groups in total. The highest BCUT2D eigenvalue weighted by Gasteiger charge is 2.59. The SMILES string of the molecule is CC(C)C1COC23CCC(N(Cc4ccc(C(F)(F)F)cc4)Cc4ccc(C(F)(F)F)cc4)CC2CCC(=O)N13. The monoisotopic (exact) mass is 568 g/mol. The number of amides is 1. The molecule has 40 heavy (non-hydrogen) atoms. The Hall–Kier alpha value is -2.59. The van der Waals surface area contributed by atoms with Gasteiger partial charge in [0.2, 0.25) is 5.91 Å². The Balaban J connectivity index is 1.39. The van der Waals surface area contributed by atoms with Gasteiger partial charge < -0.3 is 9.64 Å². The number of alkyl halides is 6. The summed E-state index contributed by atoms with van der Waals surface area (Å²) in [5, 5.41) is 0. The molecule has 1 saturated carbocycles. The molecule has 5 rings (SSSR count). The number of ether oxygens (including phenoxy) is 1. The van der Waals surface area contributed by atoms with Gasteiger partial charge in [-0.05, 0) is 67.0 Å². The van der Waals surface area contributed by atoms with E-state index in [4.69, 9.17) is 4.74 Å². The fraction of sp³-hybridized carbons (Fsp3) is 0.567. The molecule has 1 amide bonds. The van der Waals surface area contributed by atoms with Crippen LogP contribution in [0.3, 0.4) is 0 Å². The molecule has 2 heterocycles. The number of carbonyl (C=O) groups excluding carboxylic acids is 1. The first-order valence-corrected chi connectivity index (χ1v) is 13.8. The molecule has 2 aromatic carbocycles. The molecule has 1 aliphatic carbocycles. The third kappa shape index (κ3) is 5.62. The van der Waals surface area contributed by atoms with Crippen molar-refractivity contribution in [1.82, 2.24) is 9.80 Å². The lowest BCUT2D eigenvalue weighted by atomic mass is 9.72. The zero-order valence-corrected chi connectivity index (χ0v) is 22.6. The van der Waals surface area contributed by atoms with Crippen LogP contribution in [0.1, 0.15) is 68.2 Å². The summed E-state index contributed by atoms with van der Waals surface area (Å²) in [5.74, 6) is 0.489. The van der Waals surface area contributed by atoms with Gasteiger partial charge in [-0.25, -0.2) is 0 Å². The van der Waals surface area contributed by atoms with Crippen molar-refractivity contribution in [2.75, 3.05) is 6.61 Å². The van der Waals surface area contributed by atoms with Crippen molar-refractivity contribution in [3.8, 4) is 0 Å². The number of halogens is 6. The largest absolute Gasteiger partial charge is 0.416 e. The van der Waals surface area contributed by atoms with Crippen LogP contribution in [-0.4, -0.2) is 40.1 Å². The fourth-order valence-electron chi connectivity index (χ4n) is 6.73. The van der Waals surface area contributed by atoms with E-state index in [9.17, 15) is 31.1 Å². The smallest absolute Gasteiger partial charge is 0.353 e. The molecule has 0 aromatic heterocycles. The highest BCUT2D eigenvalue weighted by atomic mass is 19.4. The van der Waals surface area contributed by atoms with Crippen LogP contribution in [0, 0.1) is 11.8 Å². The summed E-state index contributed by atoms with van der Waals surface area (Å²) in [6.45, 7) is 5.38. The van der Waals surface area contributed by atoms with E-state index in [-0.39, 0.29) is 29.8 Å². The third-order valence-corrected chi connectivity index (χ3v) is 8.87. The Labute approximate surface area is 230 Å². The molecule has 2 aliphatic heterocycles. The molecular weight excluding hydrogens is 534 g/mol. The van der Waals surface area contributed by atoms with E-state index in [0.29, 0.717) is 56.5 Å². The first-order valence-electron chi connectivity index (χ1n) is 13.8. The summed E-state index contributed by atoms with van der Waals surface area (Å²) in [4.78, 5) is 17.1. The van der Waals surface area contributed by atoms with Gasteiger partial charge in [0.15, 0.2) is 0 Å². The number of nitrogens with zero attached hydrogens (tertiary/aromatic N) is 2. The Bertz CT molecular complexity index is 1140. The van der Waals surface area contributed by atoms with Gasteiger partial charge in [0.1, 0.15) is 5.72 Å². The molecule has 3 fully saturated rings. The molecule has 0 bridgehead atoms. The number of rotatable bonds is 6. The highest BCUT2D eigenvalue weighted by molar-refractivity contribution is 5.78. The quantitative estimate of drug-likeness (QED) is 0.344. The van der Waals surface area contributed by atoms with E-state index in [1.807, 2.05) is 4.90 Å². The van der Waals surface area contributed by atoms with Crippen molar-refractivity contribution < 1.29 is 35.9 Å². The average Bonchev–Trinajstić information content (AvgIpc) is 3.29. The van der Waals surface area contributed by atoms with Gasteiger partial charge in [-0.3, -0.25) is 9.69 Å². The van der Waals surface area contributed by atoms with Gasteiger partial charge in [0.25, 0.3) is 0 Å². The third-order valence-electron chi connectivity index (χ3n) is 8.87. The average molecular weight is 569 g/mol. The summed E-state index contributed by atoms with van der Waals surface area (Å²) in [6, 6.07) is 10.1. The second kappa shape index (κ2) is 10.7. The minimum atomic E-state index is -4.43. The summed E-state index contributed by atoms with van der Waals surface area (Å²) in [6.07, 6.45) is -5.64. The van der Waals surface area contributed by atoms with Crippen LogP contribution in [-0.2, 0) is 35.0 Å². The number of carbonyl (C=O) groups is 1. The van der Waals surface area contributed by atoms with Crippen molar-refractivity contribution in [1.29, 1.82) is 0 Å². The van der Waals surface area contributed by atoms with E-state index in [0.717, 1.165) is 30.7 Å². The lowest BCUT2D eigenvalue weighted by Crippen LogP contribution is -2.63. The Kier molecular flexibility index (Phi) is 7.72. The minimum Gasteiger partial charge on any atom is -0.353 e. The number of hydrogen-bond donors (Lipinski definition) is 0. The summed E-state index contributed by atoms with van der Waals surface area (Å²) in [7, 11) is 0. The molecule has 4 atom stereocenters. The van der Waals surface area contributed by atoms with Crippen molar-refractivity contribution in [2.45, 2.75) is 89.2 Å². The van der Waals surface area contributed by atoms with Gasteiger partial charge in [-0.15, -0.1) is 0 Å². The fourth-order valence-corrected chi connectivity index (χ4v) is 6.73. The number of benzene rings is 2. The zero-order valence-electron chi connectivity index (χ0n) is 22.6. The van der Waals surface area contributed by atoms with Crippen LogP contribution in [0.2, 0.25) is 0 Å². The molecule has 4 unspecified atom stereocenters. The van der Waals surface area contributed by atoms with E-state index >= 15 is 0 Å². The van der Waals surface area contributed by atoms with E-state index in [1.54, 1.807) is 0 Å². The molecule has 218 valence electrons. The summed E-state index contributed by atoms with van der Waals surface area (Å²) in [5.41, 5.74) is -0.699. The van der Waals surface area contributed by atoms with E-state index < -0.39 is 29.2 Å². The predicted molar refractivity (Wildman–Crippen MR) is 137 cm³/mol. The van der Waals surface area contributed by atoms with E-state index in [2.05, 4.69) is 18.7 Å². The van der Waals surface area contributed by atoms with Crippen LogP contribution < -0.4 is 0 Å². The van der Waals surface area contributed by atoms with E-state index in [1.165, 1.54) is 24.3 Å². The summed E-state index contributed by atoms with van der Waals surface area (Å²) >= 11 is 0. The highest BCUT2D eigenvalue weighted by Crippen LogP contribution is 2.51. The molecular formula is C30H34F6N2O2. The lowest BCUT2D eigenvalue weighted by Gasteiger charge is -2.53. The van der Waals surface area contributed by atoms with Crippen molar-refractivity contribution in [3.63, 3.8) is 0 Å². The van der Waals surface area contributed by atoms with Crippen molar-refractivity contribution >= 4 is 5.91 Å². The zero-order chi connectivity index (χ0) is 28.9. The van der Waals surface area contributed by atoms with Gasteiger partial charge in [0, 0.05) is 31.5 Å². The molecule has 4 nitrogen and oxygen atoms in total. The Morgan fingerprint density at radius 1 is 0.900 bits per heavy atom. The second-order valence-corrected chi connectivity index (χ2v) is 11.7. The number of hydrogen-bond acceptors (Lipinski definition) is 3. The Morgan fingerprint density at radius 3 is 1.90 bits per heavy atom. The Morgan fingerprint density at radius 2 is 1.43 bits per heavy atom. The van der Waals surface area contributed by atoms with Gasteiger partial charge >= 0.3 is 12.4 Å². The maximum Gasteiger partial charge on any atom is 0.416 e. The molecule has 2 saturated heterocycles. The predicted octanol–water partition coefficient (Wildman–Crippen LogP) is 7.27. The first kappa shape index (κ1) is 28.9. The maximum atomic E-state index is 13.1. The van der Waals surface area contributed by atoms with Crippen molar-refractivity contribution in [3.05, 3.63) is 70.8 Å². The van der Waals surface area contributed by atoms with Gasteiger partial charge in [0.05, 0.1) is 23.8 Å². The first-order chi connectivity index (χ1) is 18.8. The molecule has 10 heteroatoms. The molecule has 3 aliphatic rings. The van der Waals surface area contributed by atoms with Crippen LogP contribution in [0.5, 0.6) is 0 Å². The second-order valence-electron chi connectivity index (χ2n) is 11.7. The standard InChI is InChI=1S/C30H34F6N2O2/c1-19(2)26-18-40-28-14-13-25(15-24(28)11-12-27(39)38(26)28)37(16-20-3-7-22(8-4-20)29(31,32)33)17-21-5-9-23(10-6-21)30(34,35)36/h3-10,19,24-26H,11-18H2,1-2H3. The van der Waals surface area contributed by atoms with Crippen molar-refractivity contribution in [2.24, 2.45) is 11.8 Å². The van der Waals surface area contributed by atoms with Gasteiger partial charge in [-0.1, -0.05) is 38.1 Å². The molecule has 1 spiro atoms.